The SMILES string of the molecule is CCNC(=NCCOCC(C)C)NC(C)c1nc(C)c(C(=O)OCC)s1.I. The minimum absolute atomic E-state index is 0. The molecular weight excluding hydrogens is 479 g/mol. The number of hydrogen-bond acceptors (Lipinski definition) is 6. The van der Waals surface area contributed by atoms with Gasteiger partial charge in [-0.2, -0.15) is 0 Å². The normalized spacial score (nSPS) is 12.5. The summed E-state index contributed by atoms with van der Waals surface area (Å²) in [6.07, 6.45) is 0. The van der Waals surface area contributed by atoms with E-state index in [1.54, 1.807) is 6.92 Å². The van der Waals surface area contributed by atoms with Crippen LogP contribution in [-0.4, -0.2) is 49.8 Å². The number of thiazole rings is 1. The first kappa shape index (κ1) is 26.1. The second-order valence-corrected chi connectivity index (χ2v) is 7.31. The number of halogens is 1. The van der Waals surface area contributed by atoms with Crippen LogP contribution >= 0.6 is 35.3 Å². The Kier molecular flexibility index (Phi) is 13.6. The van der Waals surface area contributed by atoms with Gasteiger partial charge in [0.25, 0.3) is 0 Å². The summed E-state index contributed by atoms with van der Waals surface area (Å²) in [6, 6.07) is -0.0729. The molecule has 0 radical (unpaired) electrons. The molecule has 1 aromatic rings. The molecule has 7 nitrogen and oxygen atoms in total. The molecule has 1 rings (SSSR count). The number of aromatic nitrogens is 1. The zero-order valence-corrected chi connectivity index (χ0v) is 20.3. The largest absolute Gasteiger partial charge is 0.462 e. The molecule has 156 valence electrons. The summed E-state index contributed by atoms with van der Waals surface area (Å²) in [4.78, 5) is 21.5. The molecule has 0 aliphatic rings. The minimum Gasteiger partial charge on any atom is -0.462 e. The van der Waals surface area contributed by atoms with E-state index in [1.807, 2.05) is 20.8 Å². The van der Waals surface area contributed by atoms with Crippen LogP contribution in [0.4, 0.5) is 0 Å². The van der Waals surface area contributed by atoms with E-state index in [0.29, 0.717) is 42.2 Å². The lowest BCUT2D eigenvalue weighted by atomic mass is 10.2. The van der Waals surface area contributed by atoms with Crippen molar-refractivity contribution in [3.63, 3.8) is 0 Å². The summed E-state index contributed by atoms with van der Waals surface area (Å²) in [5.74, 6) is 0.912. The van der Waals surface area contributed by atoms with Crippen molar-refractivity contribution in [3.05, 3.63) is 15.6 Å². The number of nitrogens with zero attached hydrogens (tertiary/aromatic N) is 2. The quantitative estimate of drug-likeness (QED) is 0.164. The Hall–Kier alpha value is -0.940. The van der Waals surface area contributed by atoms with Crippen LogP contribution in [0.15, 0.2) is 4.99 Å². The van der Waals surface area contributed by atoms with Crippen molar-refractivity contribution in [2.75, 3.05) is 32.9 Å². The zero-order chi connectivity index (χ0) is 19.5. The lowest BCUT2D eigenvalue weighted by Crippen LogP contribution is -2.39. The van der Waals surface area contributed by atoms with Gasteiger partial charge in [-0.1, -0.05) is 13.8 Å². The van der Waals surface area contributed by atoms with Crippen LogP contribution in [0.25, 0.3) is 0 Å². The highest BCUT2D eigenvalue weighted by molar-refractivity contribution is 14.0. The number of aryl methyl sites for hydroxylation is 1. The highest BCUT2D eigenvalue weighted by Crippen LogP contribution is 2.24. The molecule has 1 heterocycles. The number of esters is 1. The number of guanidine groups is 1. The summed E-state index contributed by atoms with van der Waals surface area (Å²) in [6.45, 7) is 14.9. The first-order valence-electron chi connectivity index (χ1n) is 9.15. The van der Waals surface area contributed by atoms with Crippen LogP contribution in [0.2, 0.25) is 0 Å². The van der Waals surface area contributed by atoms with Crippen LogP contribution in [0.3, 0.4) is 0 Å². The standard InChI is InChI=1S/C18H32N4O3S.HI/c1-7-19-18(20-9-10-24-11-12(3)4)22-14(6)16-21-13(5)15(26-16)17(23)25-8-2;/h12,14H,7-11H2,1-6H3,(H2,19,20,22);1H. The molecule has 0 saturated carbocycles. The molecule has 0 aliphatic carbocycles. The molecule has 1 aromatic heterocycles. The third kappa shape index (κ3) is 9.70. The maximum Gasteiger partial charge on any atom is 0.350 e. The molecule has 1 unspecified atom stereocenters. The van der Waals surface area contributed by atoms with Gasteiger partial charge in [0.15, 0.2) is 5.96 Å². The Morgan fingerprint density at radius 2 is 2.00 bits per heavy atom. The van der Waals surface area contributed by atoms with E-state index in [2.05, 4.69) is 34.5 Å². The third-order valence-corrected chi connectivity index (χ3v) is 4.62. The van der Waals surface area contributed by atoms with E-state index in [4.69, 9.17) is 9.47 Å². The highest BCUT2D eigenvalue weighted by Gasteiger charge is 2.20. The summed E-state index contributed by atoms with van der Waals surface area (Å²) in [5.41, 5.74) is 0.695. The lowest BCUT2D eigenvalue weighted by Gasteiger charge is -2.16. The monoisotopic (exact) mass is 512 g/mol. The third-order valence-electron chi connectivity index (χ3n) is 3.30. The molecule has 0 aliphatic heterocycles. The average Bonchev–Trinajstić information content (AvgIpc) is 2.96. The topological polar surface area (TPSA) is 84.8 Å². The molecule has 0 fully saturated rings. The molecule has 0 bridgehead atoms. The van der Waals surface area contributed by atoms with E-state index < -0.39 is 0 Å². The maximum atomic E-state index is 12.0. The molecule has 0 spiro atoms. The van der Waals surface area contributed by atoms with E-state index in [-0.39, 0.29) is 36.0 Å². The van der Waals surface area contributed by atoms with Crippen LogP contribution in [-0.2, 0) is 9.47 Å². The smallest absolute Gasteiger partial charge is 0.350 e. The second kappa shape index (κ2) is 14.1. The van der Waals surface area contributed by atoms with Gasteiger partial charge in [0.05, 0.1) is 31.5 Å². The Bertz CT molecular complexity index is 593. The Labute approximate surface area is 183 Å². The molecule has 9 heteroatoms. The van der Waals surface area contributed by atoms with Gasteiger partial charge < -0.3 is 20.1 Å². The molecule has 0 aromatic carbocycles. The fourth-order valence-electron chi connectivity index (χ4n) is 2.12. The second-order valence-electron chi connectivity index (χ2n) is 6.28. The molecule has 27 heavy (non-hydrogen) atoms. The summed E-state index contributed by atoms with van der Waals surface area (Å²) < 4.78 is 10.6. The number of aliphatic imine (C=N–C) groups is 1. The number of carbonyl (C=O) groups excluding carboxylic acids is 1. The van der Waals surface area contributed by atoms with Crippen molar-refractivity contribution in [1.29, 1.82) is 0 Å². The van der Waals surface area contributed by atoms with Gasteiger partial charge in [-0.25, -0.2) is 9.78 Å². The van der Waals surface area contributed by atoms with Crippen LogP contribution in [0.1, 0.15) is 61.0 Å². The molecule has 1 atom stereocenters. The van der Waals surface area contributed by atoms with Gasteiger partial charge in [0.2, 0.25) is 0 Å². The van der Waals surface area contributed by atoms with Gasteiger partial charge >= 0.3 is 5.97 Å². The average molecular weight is 512 g/mol. The van der Waals surface area contributed by atoms with Crippen molar-refractivity contribution in [3.8, 4) is 0 Å². The van der Waals surface area contributed by atoms with Gasteiger partial charge in [0.1, 0.15) is 9.88 Å². The number of ether oxygens (including phenoxy) is 2. The molecule has 0 saturated heterocycles. The first-order chi connectivity index (χ1) is 12.4. The predicted molar refractivity (Wildman–Crippen MR) is 121 cm³/mol. The van der Waals surface area contributed by atoms with Crippen LogP contribution in [0, 0.1) is 12.8 Å². The van der Waals surface area contributed by atoms with Crippen LogP contribution < -0.4 is 10.6 Å². The van der Waals surface area contributed by atoms with Gasteiger partial charge in [0, 0.05) is 13.2 Å². The number of rotatable bonds is 10. The van der Waals surface area contributed by atoms with Crippen molar-refractivity contribution < 1.29 is 14.3 Å². The van der Waals surface area contributed by atoms with E-state index in [0.717, 1.165) is 18.2 Å². The summed E-state index contributed by atoms with van der Waals surface area (Å²) >= 11 is 1.36. The number of carbonyl (C=O) groups is 1. The molecule has 2 N–H and O–H groups in total. The van der Waals surface area contributed by atoms with Crippen molar-refractivity contribution in [2.45, 2.75) is 47.6 Å². The van der Waals surface area contributed by atoms with Gasteiger partial charge in [-0.15, -0.1) is 35.3 Å². The lowest BCUT2D eigenvalue weighted by molar-refractivity contribution is 0.0531. The Morgan fingerprint density at radius 3 is 2.59 bits per heavy atom. The van der Waals surface area contributed by atoms with E-state index >= 15 is 0 Å². The fraction of sp³-hybridized carbons (Fsp3) is 0.722. The highest BCUT2D eigenvalue weighted by atomic mass is 127. The maximum absolute atomic E-state index is 12.0. The number of hydrogen-bond donors (Lipinski definition) is 2. The van der Waals surface area contributed by atoms with E-state index in [1.165, 1.54) is 11.3 Å². The Balaban J connectivity index is 0.00000676. The molecular formula is C18H33IN4O3S. The minimum atomic E-state index is -0.316. The van der Waals surface area contributed by atoms with Gasteiger partial charge in [-0.05, 0) is 33.6 Å². The van der Waals surface area contributed by atoms with Gasteiger partial charge in [-0.3, -0.25) is 4.99 Å². The molecule has 0 amide bonds. The van der Waals surface area contributed by atoms with E-state index in [9.17, 15) is 4.79 Å². The summed E-state index contributed by atoms with van der Waals surface area (Å²) in [7, 11) is 0. The van der Waals surface area contributed by atoms with Crippen LogP contribution in [0.5, 0.6) is 0 Å². The summed E-state index contributed by atoms with van der Waals surface area (Å²) in [5, 5.41) is 7.37. The zero-order valence-electron chi connectivity index (χ0n) is 17.1. The number of nitrogens with one attached hydrogen (secondary N) is 2. The van der Waals surface area contributed by atoms with Crippen molar-refractivity contribution in [2.24, 2.45) is 10.9 Å². The first-order valence-corrected chi connectivity index (χ1v) is 9.97. The van der Waals surface area contributed by atoms with Crippen molar-refractivity contribution in [1.82, 2.24) is 15.6 Å². The fourth-order valence-corrected chi connectivity index (χ4v) is 3.08. The Morgan fingerprint density at radius 1 is 1.30 bits per heavy atom. The van der Waals surface area contributed by atoms with Crippen molar-refractivity contribution >= 4 is 47.2 Å². The predicted octanol–water partition coefficient (Wildman–Crippen LogP) is 3.53.